The Hall–Kier alpha value is -1.06. The summed E-state index contributed by atoms with van der Waals surface area (Å²) >= 11 is 0. The van der Waals surface area contributed by atoms with Gasteiger partial charge in [-0.2, -0.15) is 0 Å². The SMILES string of the molecule is Cc1ccc(CC(=O)N2CCC3(CCNC3)CC2)cc1.Cl. The van der Waals surface area contributed by atoms with Crippen LogP contribution in [-0.2, 0) is 11.2 Å². The summed E-state index contributed by atoms with van der Waals surface area (Å²) in [5.41, 5.74) is 2.86. The average molecular weight is 309 g/mol. The topological polar surface area (TPSA) is 32.3 Å². The van der Waals surface area contributed by atoms with Gasteiger partial charge in [-0.25, -0.2) is 0 Å². The number of piperidine rings is 1. The van der Waals surface area contributed by atoms with E-state index < -0.39 is 0 Å². The van der Waals surface area contributed by atoms with Gasteiger partial charge in [0.15, 0.2) is 0 Å². The van der Waals surface area contributed by atoms with Crippen LogP contribution in [0.4, 0.5) is 0 Å². The number of halogens is 1. The molecule has 1 spiro atoms. The highest BCUT2D eigenvalue weighted by atomic mass is 35.5. The van der Waals surface area contributed by atoms with Gasteiger partial charge in [-0.1, -0.05) is 29.8 Å². The van der Waals surface area contributed by atoms with Gasteiger partial charge in [0.25, 0.3) is 0 Å². The third-order valence-corrected chi connectivity index (χ3v) is 4.98. The van der Waals surface area contributed by atoms with Crippen molar-refractivity contribution < 1.29 is 4.79 Å². The van der Waals surface area contributed by atoms with E-state index >= 15 is 0 Å². The lowest BCUT2D eigenvalue weighted by molar-refractivity contribution is -0.132. The molecule has 0 bridgehead atoms. The van der Waals surface area contributed by atoms with Crippen LogP contribution in [0, 0.1) is 12.3 Å². The number of aryl methyl sites for hydroxylation is 1. The van der Waals surface area contributed by atoms with Crippen molar-refractivity contribution in [3.05, 3.63) is 35.4 Å². The number of nitrogens with one attached hydrogen (secondary N) is 1. The summed E-state index contributed by atoms with van der Waals surface area (Å²) in [6.07, 6.45) is 4.16. The number of likely N-dealkylation sites (tertiary alicyclic amines) is 1. The van der Waals surface area contributed by atoms with Crippen molar-refractivity contribution >= 4 is 18.3 Å². The first-order valence-corrected chi connectivity index (χ1v) is 7.71. The van der Waals surface area contributed by atoms with Crippen LogP contribution in [-0.4, -0.2) is 37.0 Å². The maximum Gasteiger partial charge on any atom is 0.226 e. The zero-order valence-electron chi connectivity index (χ0n) is 12.7. The smallest absolute Gasteiger partial charge is 0.226 e. The van der Waals surface area contributed by atoms with Gasteiger partial charge in [0.1, 0.15) is 0 Å². The average Bonchev–Trinajstić information content (AvgIpc) is 2.90. The Bertz CT molecular complexity index is 470. The third-order valence-electron chi connectivity index (χ3n) is 4.98. The minimum Gasteiger partial charge on any atom is -0.342 e. The lowest BCUT2D eigenvalue weighted by Crippen LogP contribution is -2.44. The zero-order chi connectivity index (χ0) is 14.0. The van der Waals surface area contributed by atoms with E-state index in [4.69, 9.17) is 0 Å². The molecule has 2 heterocycles. The fraction of sp³-hybridized carbons (Fsp3) is 0.588. The van der Waals surface area contributed by atoms with E-state index in [0.717, 1.165) is 31.7 Å². The number of benzene rings is 1. The summed E-state index contributed by atoms with van der Waals surface area (Å²) in [6, 6.07) is 8.30. The Morgan fingerprint density at radius 2 is 1.86 bits per heavy atom. The molecule has 2 saturated heterocycles. The van der Waals surface area contributed by atoms with E-state index in [0.29, 0.717) is 11.8 Å². The molecular weight excluding hydrogens is 284 g/mol. The number of amides is 1. The Kier molecular flexibility index (Phi) is 5.28. The number of hydrogen-bond acceptors (Lipinski definition) is 2. The molecule has 0 unspecified atom stereocenters. The quantitative estimate of drug-likeness (QED) is 0.910. The second-order valence-electron chi connectivity index (χ2n) is 6.47. The molecule has 0 saturated carbocycles. The molecule has 21 heavy (non-hydrogen) atoms. The second-order valence-corrected chi connectivity index (χ2v) is 6.47. The summed E-state index contributed by atoms with van der Waals surface area (Å²) < 4.78 is 0. The molecule has 1 aromatic rings. The molecule has 3 rings (SSSR count). The predicted octanol–water partition coefficient (Wildman–Crippen LogP) is 2.56. The maximum atomic E-state index is 12.4. The summed E-state index contributed by atoms with van der Waals surface area (Å²) in [5, 5.41) is 3.47. The second kappa shape index (κ2) is 6.80. The Morgan fingerprint density at radius 3 is 2.43 bits per heavy atom. The van der Waals surface area contributed by atoms with Gasteiger partial charge < -0.3 is 10.2 Å². The summed E-state index contributed by atoms with van der Waals surface area (Å²) in [5.74, 6) is 0.287. The third kappa shape index (κ3) is 3.78. The molecule has 1 aromatic carbocycles. The molecule has 1 amide bonds. The van der Waals surface area contributed by atoms with E-state index in [9.17, 15) is 4.79 Å². The van der Waals surface area contributed by atoms with Gasteiger partial charge in [-0.05, 0) is 43.7 Å². The maximum absolute atomic E-state index is 12.4. The van der Waals surface area contributed by atoms with Gasteiger partial charge in [-0.15, -0.1) is 12.4 Å². The van der Waals surface area contributed by atoms with E-state index in [1.54, 1.807) is 0 Å². The molecule has 1 N–H and O–H groups in total. The monoisotopic (exact) mass is 308 g/mol. The molecular formula is C17H25ClN2O. The number of carbonyl (C=O) groups is 1. The van der Waals surface area contributed by atoms with Gasteiger partial charge in [0.2, 0.25) is 5.91 Å². The van der Waals surface area contributed by atoms with Crippen LogP contribution >= 0.6 is 12.4 Å². The van der Waals surface area contributed by atoms with E-state index in [1.165, 1.54) is 24.8 Å². The van der Waals surface area contributed by atoms with Gasteiger partial charge in [-0.3, -0.25) is 4.79 Å². The van der Waals surface area contributed by atoms with Crippen LogP contribution in [0.15, 0.2) is 24.3 Å². The molecule has 3 nitrogen and oxygen atoms in total. The van der Waals surface area contributed by atoms with Gasteiger partial charge >= 0.3 is 0 Å². The number of rotatable bonds is 2. The van der Waals surface area contributed by atoms with Crippen molar-refractivity contribution in [3.63, 3.8) is 0 Å². The first-order valence-electron chi connectivity index (χ1n) is 7.71. The number of carbonyl (C=O) groups excluding carboxylic acids is 1. The van der Waals surface area contributed by atoms with Crippen LogP contribution < -0.4 is 5.32 Å². The van der Waals surface area contributed by atoms with Crippen LogP contribution in [0.25, 0.3) is 0 Å². The minimum atomic E-state index is 0. The summed E-state index contributed by atoms with van der Waals surface area (Å²) in [6.45, 7) is 6.24. The highest BCUT2D eigenvalue weighted by Crippen LogP contribution is 2.36. The van der Waals surface area contributed by atoms with Crippen molar-refractivity contribution in [3.8, 4) is 0 Å². The molecule has 2 fully saturated rings. The van der Waals surface area contributed by atoms with Gasteiger partial charge in [0.05, 0.1) is 6.42 Å². The normalized spacial score (nSPS) is 20.3. The highest BCUT2D eigenvalue weighted by molar-refractivity contribution is 5.85. The summed E-state index contributed by atoms with van der Waals surface area (Å²) in [7, 11) is 0. The largest absolute Gasteiger partial charge is 0.342 e. The first-order chi connectivity index (χ1) is 9.67. The van der Waals surface area contributed by atoms with Crippen LogP contribution in [0.2, 0.25) is 0 Å². The first kappa shape index (κ1) is 16.3. The lowest BCUT2D eigenvalue weighted by Gasteiger charge is -2.39. The molecule has 4 heteroatoms. The van der Waals surface area contributed by atoms with E-state index in [2.05, 4.69) is 41.4 Å². The van der Waals surface area contributed by atoms with Crippen molar-refractivity contribution in [2.45, 2.75) is 32.6 Å². The van der Waals surface area contributed by atoms with E-state index in [1.807, 2.05) is 0 Å². The minimum absolute atomic E-state index is 0. The van der Waals surface area contributed by atoms with Crippen molar-refractivity contribution in [1.82, 2.24) is 10.2 Å². The Balaban J connectivity index is 0.00000161. The fourth-order valence-electron chi connectivity index (χ4n) is 3.45. The zero-order valence-corrected chi connectivity index (χ0v) is 13.5. The molecule has 2 aliphatic rings. The fourth-order valence-corrected chi connectivity index (χ4v) is 3.45. The Morgan fingerprint density at radius 1 is 1.19 bits per heavy atom. The highest BCUT2D eigenvalue weighted by Gasteiger charge is 2.37. The predicted molar refractivity (Wildman–Crippen MR) is 87.9 cm³/mol. The molecule has 2 aliphatic heterocycles. The standard InChI is InChI=1S/C17H24N2O.ClH/c1-14-2-4-15(5-3-14)12-16(20)19-10-7-17(8-11-19)6-9-18-13-17;/h2-5,18H,6-13H2,1H3;1H. The van der Waals surface area contributed by atoms with Gasteiger partial charge in [0, 0.05) is 19.6 Å². The van der Waals surface area contributed by atoms with Crippen LogP contribution in [0.5, 0.6) is 0 Å². The number of hydrogen-bond donors (Lipinski definition) is 1. The van der Waals surface area contributed by atoms with Crippen molar-refractivity contribution in [2.75, 3.05) is 26.2 Å². The molecule has 116 valence electrons. The summed E-state index contributed by atoms with van der Waals surface area (Å²) in [4.78, 5) is 14.4. The van der Waals surface area contributed by atoms with Crippen LogP contribution in [0.1, 0.15) is 30.4 Å². The van der Waals surface area contributed by atoms with Crippen LogP contribution in [0.3, 0.4) is 0 Å². The van der Waals surface area contributed by atoms with Crippen molar-refractivity contribution in [2.24, 2.45) is 5.41 Å². The van der Waals surface area contributed by atoms with Crippen molar-refractivity contribution in [1.29, 1.82) is 0 Å². The Labute approximate surface area is 133 Å². The molecule has 0 aliphatic carbocycles. The number of nitrogens with zero attached hydrogens (tertiary/aromatic N) is 1. The lowest BCUT2D eigenvalue weighted by atomic mass is 9.78. The molecule has 0 radical (unpaired) electrons. The van der Waals surface area contributed by atoms with E-state index in [-0.39, 0.29) is 18.3 Å². The molecule has 0 atom stereocenters. The molecule has 0 aromatic heterocycles.